The molecule has 5 nitrogen and oxygen atoms in total. The van der Waals surface area contributed by atoms with E-state index in [-0.39, 0.29) is 14.5 Å². The molecule has 0 spiro atoms. The van der Waals surface area contributed by atoms with Gasteiger partial charge in [-0.3, -0.25) is 0 Å². The maximum Gasteiger partial charge on any atom is 0.336 e. The van der Waals surface area contributed by atoms with Gasteiger partial charge in [0, 0.05) is 16.7 Å². The van der Waals surface area contributed by atoms with E-state index in [2.05, 4.69) is 4.72 Å². The van der Waals surface area contributed by atoms with Crippen molar-refractivity contribution >= 4 is 39.1 Å². The topological polar surface area (TPSA) is 83.5 Å². The van der Waals surface area contributed by atoms with Crippen LogP contribution in [0.1, 0.15) is 29.6 Å². The molecule has 0 radical (unpaired) electrons. The van der Waals surface area contributed by atoms with E-state index >= 15 is 0 Å². The van der Waals surface area contributed by atoms with Crippen LogP contribution in [0.2, 0.25) is 0 Å². The Hall–Kier alpha value is -0.570. The molecule has 0 amide bonds. The monoisotopic (exact) mass is 321 g/mol. The van der Waals surface area contributed by atoms with Gasteiger partial charge in [-0.1, -0.05) is 6.42 Å². The smallest absolute Gasteiger partial charge is 0.336 e. The van der Waals surface area contributed by atoms with Crippen LogP contribution in [0, 0.1) is 0 Å². The summed E-state index contributed by atoms with van der Waals surface area (Å²) in [6.45, 7) is 0.400. The molecule has 0 saturated heterocycles. The van der Waals surface area contributed by atoms with E-state index in [1.165, 1.54) is 11.4 Å². The summed E-state index contributed by atoms with van der Waals surface area (Å²) in [5.41, 5.74) is 0.00796. The van der Waals surface area contributed by atoms with E-state index in [0.717, 1.165) is 30.6 Å². The van der Waals surface area contributed by atoms with Crippen molar-refractivity contribution in [1.82, 2.24) is 4.72 Å². The fraction of sp³-hybridized carbons (Fsp3) is 0.545. The van der Waals surface area contributed by atoms with Crippen LogP contribution in [-0.4, -0.2) is 37.0 Å². The third-order valence-electron chi connectivity index (χ3n) is 3.37. The zero-order valence-electron chi connectivity index (χ0n) is 10.4. The van der Waals surface area contributed by atoms with Crippen molar-refractivity contribution in [1.29, 1.82) is 0 Å². The Bertz CT molecular complexity index is 569. The minimum Gasteiger partial charge on any atom is -0.478 e. The number of thiophene rings is 1. The highest BCUT2D eigenvalue weighted by molar-refractivity contribution is 8.00. The van der Waals surface area contributed by atoms with Crippen molar-refractivity contribution in [3.63, 3.8) is 0 Å². The van der Waals surface area contributed by atoms with Crippen molar-refractivity contribution < 1.29 is 18.3 Å². The molecule has 1 fully saturated rings. The van der Waals surface area contributed by atoms with Crippen LogP contribution in [-0.2, 0) is 10.0 Å². The number of hydrogen-bond acceptors (Lipinski definition) is 5. The van der Waals surface area contributed by atoms with Crippen LogP contribution in [0.5, 0.6) is 0 Å². The average molecular weight is 321 g/mol. The molecule has 1 heterocycles. The summed E-state index contributed by atoms with van der Waals surface area (Å²) in [5.74, 6) is -1.11. The first kappa shape index (κ1) is 14.8. The molecule has 2 rings (SSSR count). The van der Waals surface area contributed by atoms with Crippen LogP contribution in [0.4, 0.5) is 0 Å². The molecular formula is C11H15NO4S3. The van der Waals surface area contributed by atoms with Crippen LogP contribution in [0.25, 0.3) is 0 Å². The second kappa shape index (κ2) is 5.43. The van der Waals surface area contributed by atoms with E-state index in [0.29, 0.717) is 6.54 Å². The van der Waals surface area contributed by atoms with Crippen molar-refractivity contribution in [2.24, 2.45) is 0 Å². The Kier molecular flexibility index (Phi) is 4.24. The molecule has 0 atom stereocenters. The predicted molar refractivity (Wildman–Crippen MR) is 76.6 cm³/mol. The van der Waals surface area contributed by atoms with Gasteiger partial charge < -0.3 is 5.11 Å². The first-order valence-corrected chi connectivity index (χ1v) is 9.34. The summed E-state index contributed by atoms with van der Waals surface area (Å²) in [6, 6.07) is 1.20. The zero-order chi connectivity index (χ0) is 14.1. The fourth-order valence-corrected chi connectivity index (χ4v) is 5.22. The second-order valence-electron chi connectivity index (χ2n) is 4.52. The lowest BCUT2D eigenvalue weighted by molar-refractivity contribution is 0.0697. The number of rotatable bonds is 6. The standard InChI is InChI=1S/C11H15NO4S3/c1-17-11(3-2-4-11)7-12-19(15,16)9-5-8(6-18-9)10(13)14/h5-6,12H,2-4,7H2,1H3,(H,13,14). The van der Waals surface area contributed by atoms with Gasteiger partial charge >= 0.3 is 5.97 Å². The number of sulfonamides is 1. The quantitative estimate of drug-likeness (QED) is 0.837. The molecule has 0 aliphatic heterocycles. The summed E-state index contributed by atoms with van der Waals surface area (Å²) in [6.07, 6.45) is 5.15. The molecule has 0 bridgehead atoms. The molecule has 106 valence electrons. The lowest BCUT2D eigenvalue weighted by atomic mass is 9.84. The first-order chi connectivity index (χ1) is 8.88. The number of carbonyl (C=O) groups is 1. The molecule has 1 saturated carbocycles. The number of aromatic carboxylic acids is 1. The number of carboxylic acids is 1. The summed E-state index contributed by atoms with van der Waals surface area (Å²) >= 11 is 2.62. The van der Waals surface area contributed by atoms with E-state index in [1.807, 2.05) is 6.26 Å². The predicted octanol–water partition coefficient (Wildman–Crippen LogP) is 2.01. The molecule has 2 N–H and O–H groups in total. The van der Waals surface area contributed by atoms with Crippen molar-refractivity contribution in [2.45, 2.75) is 28.2 Å². The molecule has 1 aliphatic rings. The number of carboxylic acid groups (broad SMARTS) is 1. The summed E-state index contributed by atoms with van der Waals surface area (Å²) in [5, 5.41) is 10.1. The van der Waals surface area contributed by atoms with Crippen LogP contribution in [0.15, 0.2) is 15.7 Å². The molecule has 1 aromatic heterocycles. The van der Waals surface area contributed by atoms with Crippen LogP contribution in [0.3, 0.4) is 0 Å². The van der Waals surface area contributed by atoms with Gasteiger partial charge in [-0.25, -0.2) is 17.9 Å². The average Bonchev–Trinajstić information content (AvgIpc) is 2.78. The number of nitrogens with one attached hydrogen (secondary N) is 1. The van der Waals surface area contributed by atoms with E-state index in [9.17, 15) is 13.2 Å². The van der Waals surface area contributed by atoms with Gasteiger partial charge in [-0.2, -0.15) is 11.8 Å². The Morgan fingerprint density at radius 3 is 2.68 bits per heavy atom. The van der Waals surface area contributed by atoms with E-state index in [4.69, 9.17) is 5.11 Å². The number of hydrogen-bond donors (Lipinski definition) is 2. The SMILES string of the molecule is CSC1(CNS(=O)(=O)c2cc(C(=O)O)cs2)CCC1. The Balaban J connectivity index is 2.07. The number of thioether (sulfide) groups is 1. The molecule has 0 unspecified atom stereocenters. The normalized spacial score (nSPS) is 17.9. The Morgan fingerprint density at radius 1 is 1.58 bits per heavy atom. The van der Waals surface area contributed by atoms with Crippen LogP contribution < -0.4 is 4.72 Å². The molecular weight excluding hydrogens is 306 g/mol. The largest absolute Gasteiger partial charge is 0.478 e. The Morgan fingerprint density at radius 2 is 2.26 bits per heavy atom. The highest BCUT2D eigenvalue weighted by atomic mass is 32.2. The Labute approximate surface area is 120 Å². The van der Waals surface area contributed by atoms with Crippen molar-refractivity contribution in [3.05, 3.63) is 17.0 Å². The van der Waals surface area contributed by atoms with Gasteiger partial charge in [0.2, 0.25) is 10.0 Å². The lowest BCUT2D eigenvalue weighted by Crippen LogP contribution is -2.45. The maximum atomic E-state index is 12.1. The van der Waals surface area contributed by atoms with Crippen molar-refractivity contribution in [2.75, 3.05) is 12.8 Å². The highest BCUT2D eigenvalue weighted by Gasteiger charge is 2.37. The summed E-state index contributed by atoms with van der Waals surface area (Å²) in [4.78, 5) is 10.7. The third-order valence-corrected chi connectivity index (χ3v) is 7.63. The maximum absolute atomic E-state index is 12.1. The third kappa shape index (κ3) is 3.13. The fourth-order valence-electron chi connectivity index (χ4n) is 1.89. The lowest BCUT2D eigenvalue weighted by Gasteiger charge is -2.40. The molecule has 8 heteroatoms. The van der Waals surface area contributed by atoms with Gasteiger partial charge in [-0.05, 0) is 25.2 Å². The van der Waals surface area contributed by atoms with Crippen LogP contribution >= 0.6 is 23.1 Å². The molecule has 1 aromatic rings. The van der Waals surface area contributed by atoms with Gasteiger partial charge in [0.25, 0.3) is 0 Å². The molecule has 1 aliphatic carbocycles. The zero-order valence-corrected chi connectivity index (χ0v) is 12.8. The molecule has 0 aromatic carbocycles. The first-order valence-electron chi connectivity index (χ1n) is 5.75. The minimum atomic E-state index is -3.60. The molecule has 19 heavy (non-hydrogen) atoms. The van der Waals surface area contributed by atoms with Gasteiger partial charge in [0.05, 0.1) is 5.56 Å². The van der Waals surface area contributed by atoms with Gasteiger partial charge in [0.1, 0.15) is 4.21 Å². The summed E-state index contributed by atoms with van der Waals surface area (Å²) < 4.78 is 26.8. The summed E-state index contributed by atoms with van der Waals surface area (Å²) in [7, 11) is -3.60. The van der Waals surface area contributed by atoms with Gasteiger partial charge in [-0.15, -0.1) is 11.3 Å². The second-order valence-corrected chi connectivity index (χ2v) is 8.70. The van der Waals surface area contributed by atoms with E-state index < -0.39 is 16.0 Å². The van der Waals surface area contributed by atoms with Gasteiger partial charge in [0.15, 0.2) is 0 Å². The van der Waals surface area contributed by atoms with E-state index in [1.54, 1.807) is 11.8 Å². The van der Waals surface area contributed by atoms with Crippen molar-refractivity contribution in [3.8, 4) is 0 Å². The minimum absolute atomic E-state index is 0.00796. The highest BCUT2D eigenvalue weighted by Crippen LogP contribution is 2.42.